The summed E-state index contributed by atoms with van der Waals surface area (Å²) >= 11 is 0. The van der Waals surface area contributed by atoms with Crippen molar-refractivity contribution in [2.24, 2.45) is 5.92 Å². The molecule has 0 aromatic carbocycles. The van der Waals surface area contributed by atoms with Gasteiger partial charge in [-0.3, -0.25) is 4.79 Å². The van der Waals surface area contributed by atoms with E-state index < -0.39 is 12.1 Å². The van der Waals surface area contributed by atoms with Gasteiger partial charge >= 0.3 is 5.97 Å². The second-order valence-electron chi connectivity index (χ2n) is 3.98. The molecule has 0 aromatic heterocycles. The molecule has 0 radical (unpaired) electrons. The Morgan fingerprint density at radius 2 is 1.88 bits per heavy atom. The first-order valence-electron chi connectivity index (χ1n) is 5.46. The molecule has 0 fully saturated rings. The monoisotopic (exact) mass is 231 g/mol. The molecule has 0 saturated heterocycles. The number of ether oxygens (including phenoxy) is 2. The number of likely N-dealkylation sites (N-methyl/N-ethyl adjacent to an activating group) is 1. The second-order valence-corrected chi connectivity index (χ2v) is 3.98. The normalized spacial score (nSPS) is 12.3. The molecule has 1 N–H and O–H groups in total. The van der Waals surface area contributed by atoms with E-state index in [2.05, 4.69) is 19.2 Å². The van der Waals surface area contributed by atoms with Crippen LogP contribution in [0.3, 0.4) is 0 Å². The highest BCUT2D eigenvalue weighted by atomic mass is 16.6. The van der Waals surface area contributed by atoms with Crippen LogP contribution in [0.4, 0.5) is 0 Å². The van der Waals surface area contributed by atoms with Crippen LogP contribution >= 0.6 is 0 Å². The van der Waals surface area contributed by atoms with Gasteiger partial charge < -0.3 is 14.8 Å². The summed E-state index contributed by atoms with van der Waals surface area (Å²) in [5.41, 5.74) is 0. The number of carbonyl (C=O) groups excluding carboxylic acids is 2. The maximum absolute atomic E-state index is 11.3. The van der Waals surface area contributed by atoms with E-state index in [1.807, 2.05) is 0 Å². The van der Waals surface area contributed by atoms with E-state index in [4.69, 9.17) is 9.47 Å². The molecule has 0 aliphatic heterocycles. The molecule has 1 amide bonds. The molecule has 0 aliphatic rings. The minimum atomic E-state index is -0.622. The van der Waals surface area contributed by atoms with E-state index in [1.165, 1.54) is 7.05 Å². The zero-order chi connectivity index (χ0) is 12.6. The summed E-state index contributed by atoms with van der Waals surface area (Å²) < 4.78 is 10.0. The lowest BCUT2D eigenvalue weighted by atomic mass is 10.1. The number of hydrogen-bond donors (Lipinski definition) is 1. The van der Waals surface area contributed by atoms with E-state index in [-0.39, 0.29) is 12.5 Å². The average Bonchev–Trinajstić information content (AvgIpc) is 2.24. The number of esters is 1. The molecule has 94 valence electrons. The summed E-state index contributed by atoms with van der Waals surface area (Å²) in [6.07, 6.45) is 0.274. The number of rotatable bonds is 7. The fraction of sp³-hybridized carbons (Fsp3) is 0.818. The van der Waals surface area contributed by atoms with Gasteiger partial charge in [-0.25, -0.2) is 4.79 Å². The maximum Gasteiger partial charge on any atom is 0.335 e. The standard InChI is InChI=1S/C11H21NO4/c1-8(2)5-6-15-9(3)11(14)16-7-10(13)12-4/h8-9H,5-7H2,1-4H3,(H,12,13). The molecule has 0 saturated carbocycles. The highest BCUT2D eigenvalue weighted by Gasteiger charge is 2.15. The molecular formula is C11H21NO4. The van der Waals surface area contributed by atoms with Crippen LogP contribution in [0.5, 0.6) is 0 Å². The summed E-state index contributed by atoms with van der Waals surface area (Å²) in [7, 11) is 1.48. The van der Waals surface area contributed by atoms with Gasteiger partial charge in [-0.05, 0) is 19.3 Å². The molecule has 5 nitrogen and oxygen atoms in total. The predicted molar refractivity (Wildman–Crippen MR) is 59.9 cm³/mol. The minimum Gasteiger partial charge on any atom is -0.454 e. The van der Waals surface area contributed by atoms with Crippen molar-refractivity contribution in [3.05, 3.63) is 0 Å². The van der Waals surface area contributed by atoms with Crippen molar-refractivity contribution in [3.8, 4) is 0 Å². The summed E-state index contributed by atoms with van der Waals surface area (Å²) in [6, 6.07) is 0. The Kier molecular flexibility index (Phi) is 7.54. The van der Waals surface area contributed by atoms with Crippen LogP contribution in [-0.4, -0.2) is 38.2 Å². The highest BCUT2D eigenvalue weighted by Crippen LogP contribution is 2.02. The molecule has 0 spiro atoms. The van der Waals surface area contributed by atoms with Gasteiger partial charge in [0.2, 0.25) is 0 Å². The third kappa shape index (κ3) is 7.23. The maximum atomic E-state index is 11.3. The van der Waals surface area contributed by atoms with Crippen molar-refractivity contribution in [1.82, 2.24) is 5.32 Å². The third-order valence-corrected chi connectivity index (χ3v) is 2.02. The number of nitrogens with one attached hydrogen (secondary N) is 1. The minimum absolute atomic E-state index is 0.257. The van der Waals surface area contributed by atoms with E-state index >= 15 is 0 Å². The van der Waals surface area contributed by atoms with Crippen molar-refractivity contribution in [3.63, 3.8) is 0 Å². The molecule has 16 heavy (non-hydrogen) atoms. The Hall–Kier alpha value is -1.10. The Morgan fingerprint density at radius 1 is 1.25 bits per heavy atom. The van der Waals surface area contributed by atoms with Crippen molar-refractivity contribution in [1.29, 1.82) is 0 Å². The smallest absolute Gasteiger partial charge is 0.335 e. The van der Waals surface area contributed by atoms with Gasteiger partial charge in [0.15, 0.2) is 12.7 Å². The van der Waals surface area contributed by atoms with Crippen LogP contribution in [0, 0.1) is 5.92 Å². The SMILES string of the molecule is CNC(=O)COC(=O)C(C)OCCC(C)C. The molecule has 5 heteroatoms. The molecule has 0 rings (SSSR count). The summed E-state index contributed by atoms with van der Waals surface area (Å²) in [5, 5.41) is 2.36. The molecular weight excluding hydrogens is 210 g/mol. The van der Waals surface area contributed by atoms with Crippen LogP contribution in [-0.2, 0) is 19.1 Å². The zero-order valence-electron chi connectivity index (χ0n) is 10.4. The van der Waals surface area contributed by atoms with Crippen LogP contribution in [0.25, 0.3) is 0 Å². The number of hydrogen-bond acceptors (Lipinski definition) is 4. The van der Waals surface area contributed by atoms with Gasteiger partial charge in [0, 0.05) is 13.7 Å². The first-order valence-corrected chi connectivity index (χ1v) is 5.46. The summed E-state index contributed by atoms with van der Waals surface area (Å²) in [5.74, 6) is -0.302. The van der Waals surface area contributed by atoms with Crippen molar-refractivity contribution < 1.29 is 19.1 Å². The fourth-order valence-corrected chi connectivity index (χ4v) is 0.875. The lowest BCUT2D eigenvalue weighted by Crippen LogP contribution is -2.30. The number of amides is 1. The highest BCUT2D eigenvalue weighted by molar-refractivity contribution is 5.81. The second kappa shape index (κ2) is 8.10. The van der Waals surface area contributed by atoms with Gasteiger partial charge in [0.1, 0.15) is 0 Å². The van der Waals surface area contributed by atoms with Crippen LogP contribution in [0.15, 0.2) is 0 Å². The van der Waals surface area contributed by atoms with E-state index in [0.29, 0.717) is 12.5 Å². The molecule has 1 unspecified atom stereocenters. The van der Waals surface area contributed by atoms with Crippen LogP contribution in [0.2, 0.25) is 0 Å². The van der Waals surface area contributed by atoms with E-state index in [0.717, 1.165) is 6.42 Å². The molecule has 0 bridgehead atoms. The van der Waals surface area contributed by atoms with E-state index in [1.54, 1.807) is 6.92 Å². The average molecular weight is 231 g/mol. The molecule has 0 heterocycles. The lowest BCUT2D eigenvalue weighted by molar-refractivity contribution is -0.159. The predicted octanol–water partition coefficient (Wildman–Crippen LogP) is 0.727. The van der Waals surface area contributed by atoms with Crippen molar-refractivity contribution in [2.45, 2.75) is 33.3 Å². The quantitative estimate of drug-likeness (QED) is 0.656. The van der Waals surface area contributed by atoms with Gasteiger partial charge in [-0.1, -0.05) is 13.8 Å². The Labute approximate surface area is 96.5 Å². The summed E-state index contributed by atoms with van der Waals surface area (Å²) in [4.78, 5) is 22.1. The topological polar surface area (TPSA) is 64.6 Å². The van der Waals surface area contributed by atoms with Gasteiger partial charge in [0.25, 0.3) is 5.91 Å². The third-order valence-electron chi connectivity index (χ3n) is 2.02. The van der Waals surface area contributed by atoms with Gasteiger partial charge in [-0.15, -0.1) is 0 Å². The first-order chi connectivity index (χ1) is 7.47. The Morgan fingerprint density at radius 3 is 2.38 bits per heavy atom. The largest absolute Gasteiger partial charge is 0.454 e. The van der Waals surface area contributed by atoms with Crippen molar-refractivity contribution in [2.75, 3.05) is 20.3 Å². The Balaban J connectivity index is 3.69. The molecule has 0 aliphatic carbocycles. The molecule has 0 aromatic rings. The van der Waals surface area contributed by atoms with Gasteiger partial charge in [0.05, 0.1) is 0 Å². The van der Waals surface area contributed by atoms with Crippen LogP contribution in [0.1, 0.15) is 27.2 Å². The van der Waals surface area contributed by atoms with Crippen LogP contribution < -0.4 is 5.32 Å². The Bertz CT molecular complexity index is 228. The number of carbonyl (C=O) groups is 2. The zero-order valence-corrected chi connectivity index (χ0v) is 10.4. The first kappa shape index (κ1) is 14.9. The van der Waals surface area contributed by atoms with Crippen molar-refractivity contribution >= 4 is 11.9 Å². The fourth-order valence-electron chi connectivity index (χ4n) is 0.875. The lowest BCUT2D eigenvalue weighted by Gasteiger charge is -2.13. The van der Waals surface area contributed by atoms with E-state index in [9.17, 15) is 9.59 Å². The molecule has 1 atom stereocenters. The summed E-state index contributed by atoms with van der Waals surface area (Å²) in [6.45, 7) is 6.05. The van der Waals surface area contributed by atoms with Gasteiger partial charge in [-0.2, -0.15) is 0 Å².